The van der Waals surface area contributed by atoms with E-state index < -0.39 is 0 Å². The van der Waals surface area contributed by atoms with E-state index in [0.717, 1.165) is 10.0 Å². The van der Waals surface area contributed by atoms with Crippen LogP contribution >= 0.6 is 27.5 Å². The molecule has 1 aromatic carbocycles. The highest BCUT2D eigenvalue weighted by atomic mass is 79.9. The summed E-state index contributed by atoms with van der Waals surface area (Å²) in [5.74, 6) is 0. The van der Waals surface area contributed by atoms with Gasteiger partial charge in [0, 0.05) is 23.1 Å². The molecule has 0 spiro atoms. The first-order chi connectivity index (χ1) is 8.43. The zero-order valence-electron chi connectivity index (χ0n) is 10.7. The molecular weight excluding hydrogens is 316 g/mol. The highest BCUT2D eigenvalue weighted by Crippen LogP contribution is 2.26. The van der Waals surface area contributed by atoms with Gasteiger partial charge in [-0.3, -0.25) is 0 Å². The average Bonchev–Trinajstić information content (AvgIpc) is 2.29. The highest BCUT2D eigenvalue weighted by molar-refractivity contribution is 9.10. The van der Waals surface area contributed by atoms with E-state index in [1.54, 1.807) is 6.92 Å². The molecule has 0 heterocycles. The summed E-state index contributed by atoms with van der Waals surface area (Å²) in [5.41, 5.74) is 6.89. The molecule has 0 bridgehead atoms. The second-order valence-corrected chi connectivity index (χ2v) is 5.88. The van der Waals surface area contributed by atoms with Crippen LogP contribution in [0.5, 0.6) is 0 Å². The molecule has 1 aromatic rings. The van der Waals surface area contributed by atoms with Crippen LogP contribution < -0.4 is 11.1 Å². The molecule has 0 radical (unpaired) electrons. The number of nitrogens with two attached hydrogens (primary N) is 1. The number of benzene rings is 1. The summed E-state index contributed by atoms with van der Waals surface area (Å²) in [5, 5.41) is 13.5. The smallest absolute Gasteiger partial charge is 0.0548 e. The fourth-order valence-corrected chi connectivity index (χ4v) is 2.47. The van der Waals surface area contributed by atoms with E-state index in [4.69, 9.17) is 17.3 Å². The Bertz CT molecular complexity index is 387. The summed E-state index contributed by atoms with van der Waals surface area (Å²) in [6.07, 6.45) is 0.383. The molecule has 4 N–H and O–H groups in total. The van der Waals surface area contributed by atoms with Gasteiger partial charge in [-0.15, -0.1) is 0 Å². The van der Waals surface area contributed by atoms with Crippen LogP contribution in [0.3, 0.4) is 0 Å². The molecule has 18 heavy (non-hydrogen) atoms. The molecule has 0 fully saturated rings. The lowest BCUT2D eigenvalue weighted by Gasteiger charge is -2.23. The third kappa shape index (κ3) is 4.86. The van der Waals surface area contributed by atoms with E-state index in [9.17, 15) is 5.11 Å². The van der Waals surface area contributed by atoms with Gasteiger partial charge >= 0.3 is 0 Å². The van der Waals surface area contributed by atoms with Crippen LogP contribution in [0.15, 0.2) is 22.7 Å². The Morgan fingerprint density at radius 1 is 1.44 bits per heavy atom. The van der Waals surface area contributed by atoms with Gasteiger partial charge in [0.1, 0.15) is 0 Å². The lowest BCUT2D eigenvalue weighted by atomic mass is 10.0. The van der Waals surface area contributed by atoms with Gasteiger partial charge in [0.2, 0.25) is 0 Å². The van der Waals surface area contributed by atoms with Crippen LogP contribution in [0.2, 0.25) is 5.02 Å². The maximum atomic E-state index is 9.36. The third-order valence-corrected chi connectivity index (χ3v) is 3.98. The monoisotopic (exact) mass is 334 g/mol. The van der Waals surface area contributed by atoms with Crippen molar-refractivity contribution in [2.45, 2.75) is 38.5 Å². The minimum Gasteiger partial charge on any atom is -0.393 e. The van der Waals surface area contributed by atoms with Crippen molar-refractivity contribution in [1.29, 1.82) is 0 Å². The van der Waals surface area contributed by atoms with Crippen molar-refractivity contribution in [2.24, 2.45) is 5.73 Å². The van der Waals surface area contributed by atoms with Crippen LogP contribution in [0.1, 0.15) is 31.9 Å². The standard InChI is InChI=1S/C13H20BrClN2O/c1-8(5-9(2)18)17-13(7-16)10-3-4-12(15)11(14)6-10/h3-4,6,8-9,13,17-18H,5,7,16H2,1-2H3. The van der Waals surface area contributed by atoms with Gasteiger partial charge in [0.05, 0.1) is 11.1 Å². The first-order valence-corrected chi connectivity index (χ1v) is 7.20. The van der Waals surface area contributed by atoms with Crippen molar-refractivity contribution >= 4 is 27.5 Å². The van der Waals surface area contributed by atoms with Crippen molar-refractivity contribution in [1.82, 2.24) is 5.32 Å². The summed E-state index contributed by atoms with van der Waals surface area (Å²) in [4.78, 5) is 0. The van der Waals surface area contributed by atoms with Gasteiger partial charge in [0.15, 0.2) is 0 Å². The van der Waals surface area contributed by atoms with Crippen LogP contribution in [-0.4, -0.2) is 23.8 Å². The molecule has 0 aliphatic rings. The Hall–Kier alpha value is -0.130. The van der Waals surface area contributed by atoms with E-state index in [1.807, 2.05) is 25.1 Å². The molecule has 1 rings (SSSR count). The number of hydrogen-bond acceptors (Lipinski definition) is 3. The summed E-state index contributed by atoms with van der Waals surface area (Å²) in [6, 6.07) is 6.06. The number of aliphatic hydroxyl groups is 1. The average molecular weight is 336 g/mol. The second-order valence-electron chi connectivity index (χ2n) is 4.61. The summed E-state index contributed by atoms with van der Waals surface area (Å²) < 4.78 is 0.866. The third-order valence-electron chi connectivity index (χ3n) is 2.76. The minimum atomic E-state index is -0.317. The number of halogens is 2. The van der Waals surface area contributed by atoms with Crippen molar-refractivity contribution in [3.05, 3.63) is 33.3 Å². The normalized spacial score (nSPS) is 16.3. The summed E-state index contributed by atoms with van der Waals surface area (Å²) >= 11 is 9.38. The molecule has 0 aliphatic carbocycles. The quantitative estimate of drug-likeness (QED) is 0.749. The van der Waals surface area contributed by atoms with Crippen LogP contribution in [0, 0.1) is 0 Å². The molecule has 0 aliphatic heterocycles. The fraction of sp³-hybridized carbons (Fsp3) is 0.538. The fourth-order valence-electron chi connectivity index (χ4n) is 1.95. The maximum absolute atomic E-state index is 9.36. The van der Waals surface area contributed by atoms with E-state index >= 15 is 0 Å². The number of hydrogen-bond donors (Lipinski definition) is 3. The van der Waals surface area contributed by atoms with Gasteiger partial charge in [-0.25, -0.2) is 0 Å². The molecule has 0 saturated carbocycles. The van der Waals surface area contributed by atoms with E-state index in [2.05, 4.69) is 21.2 Å². The van der Waals surface area contributed by atoms with Crippen molar-refractivity contribution in [3.8, 4) is 0 Å². The topological polar surface area (TPSA) is 58.3 Å². The predicted molar refractivity (Wildman–Crippen MR) is 79.8 cm³/mol. The Balaban J connectivity index is 2.73. The molecule has 0 amide bonds. The largest absolute Gasteiger partial charge is 0.393 e. The lowest BCUT2D eigenvalue weighted by Crippen LogP contribution is -2.36. The zero-order chi connectivity index (χ0) is 13.7. The SMILES string of the molecule is CC(O)CC(C)NC(CN)c1ccc(Cl)c(Br)c1. The summed E-state index contributed by atoms with van der Waals surface area (Å²) in [6.45, 7) is 4.33. The molecule has 3 nitrogen and oxygen atoms in total. The molecule has 5 heteroatoms. The number of rotatable bonds is 6. The molecule has 0 saturated heterocycles. The number of aliphatic hydroxyl groups excluding tert-OH is 1. The van der Waals surface area contributed by atoms with Crippen molar-refractivity contribution < 1.29 is 5.11 Å². The Morgan fingerprint density at radius 3 is 2.61 bits per heavy atom. The van der Waals surface area contributed by atoms with Gasteiger partial charge in [-0.05, 0) is 53.9 Å². The van der Waals surface area contributed by atoms with Gasteiger partial charge in [-0.1, -0.05) is 17.7 Å². The minimum absolute atomic E-state index is 0.0623. The van der Waals surface area contributed by atoms with Gasteiger partial charge < -0.3 is 16.2 Å². The molecule has 3 unspecified atom stereocenters. The second kappa shape index (κ2) is 7.46. The first-order valence-electron chi connectivity index (χ1n) is 6.03. The van der Waals surface area contributed by atoms with E-state index in [0.29, 0.717) is 18.0 Å². The van der Waals surface area contributed by atoms with Crippen molar-refractivity contribution in [3.63, 3.8) is 0 Å². The highest BCUT2D eigenvalue weighted by Gasteiger charge is 2.15. The zero-order valence-corrected chi connectivity index (χ0v) is 13.0. The Kier molecular flexibility index (Phi) is 6.60. The Morgan fingerprint density at radius 2 is 2.11 bits per heavy atom. The van der Waals surface area contributed by atoms with Gasteiger partial charge in [-0.2, -0.15) is 0 Å². The Labute approximate surface area is 122 Å². The molecule has 102 valence electrons. The van der Waals surface area contributed by atoms with E-state index in [-0.39, 0.29) is 18.2 Å². The lowest BCUT2D eigenvalue weighted by molar-refractivity contribution is 0.168. The number of nitrogens with one attached hydrogen (secondary N) is 1. The predicted octanol–water partition coefficient (Wildman–Crippen LogP) is 2.85. The first kappa shape index (κ1) is 15.9. The van der Waals surface area contributed by atoms with Gasteiger partial charge in [0.25, 0.3) is 0 Å². The maximum Gasteiger partial charge on any atom is 0.0548 e. The molecule has 0 aromatic heterocycles. The summed E-state index contributed by atoms with van der Waals surface area (Å²) in [7, 11) is 0. The molecular formula is C13H20BrClN2O. The van der Waals surface area contributed by atoms with Crippen LogP contribution in [0.4, 0.5) is 0 Å². The van der Waals surface area contributed by atoms with Crippen molar-refractivity contribution in [2.75, 3.05) is 6.54 Å². The van der Waals surface area contributed by atoms with Crippen LogP contribution in [-0.2, 0) is 0 Å². The van der Waals surface area contributed by atoms with E-state index in [1.165, 1.54) is 0 Å². The van der Waals surface area contributed by atoms with Crippen LogP contribution in [0.25, 0.3) is 0 Å². The molecule has 3 atom stereocenters.